The number of aromatic nitrogens is 6. The summed E-state index contributed by atoms with van der Waals surface area (Å²) < 4.78 is 3.69. The SMILES string of the molecule is Cc1ccc2c(c1)[C@@H](C)C1=NCc3ncc(nc31)-c1c(nn(C)c1C#N)Cn1ccnc1-2. The minimum absolute atomic E-state index is 0.0177. The second-order valence-electron chi connectivity index (χ2n) is 8.35. The van der Waals surface area contributed by atoms with Gasteiger partial charge in [0.2, 0.25) is 0 Å². The summed E-state index contributed by atoms with van der Waals surface area (Å²) in [5.41, 5.74) is 8.60. The molecule has 1 aromatic carbocycles. The summed E-state index contributed by atoms with van der Waals surface area (Å²) in [5, 5.41) is 14.5. The van der Waals surface area contributed by atoms with Crippen molar-refractivity contribution in [2.24, 2.45) is 12.0 Å². The van der Waals surface area contributed by atoms with Crippen molar-refractivity contribution < 1.29 is 0 Å². The van der Waals surface area contributed by atoms with Gasteiger partial charge in [-0.1, -0.05) is 30.7 Å². The number of nitriles is 1. The summed E-state index contributed by atoms with van der Waals surface area (Å²) in [6.07, 6.45) is 5.50. The molecule has 2 bridgehead atoms. The first kappa shape index (κ1) is 18.6. The van der Waals surface area contributed by atoms with E-state index in [1.165, 1.54) is 5.56 Å². The van der Waals surface area contributed by atoms with Gasteiger partial charge in [0, 0.05) is 30.9 Å². The monoisotopic (exact) mass is 420 g/mol. The number of aliphatic imine (C=N–C) groups is 1. The molecule has 0 N–H and O–H groups in total. The molecule has 5 heterocycles. The van der Waals surface area contributed by atoms with Crippen LogP contribution >= 0.6 is 0 Å². The van der Waals surface area contributed by atoms with Gasteiger partial charge in [-0.2, -0.15) is 10.4 Å². The number of aryl methyl sites for hydroxylation is 2. The lowest BCUT2D eigenvalue weighted by Crippen LogP contribution is -2.15. The smallest absolute Gasteiger partial charge is 0.148 e. The maximum Gasteiger partial charge on any atom is 0.148 e. The topological polar surface area (TPSA) is 97.6 Å². The summed E-state index contributed by atoms with van der Waals surface area (Å²) >= 11 is 0. The van der Waals surface area contributed by atoms with Gasteiger partial charge in [0.15, 0.2) is 0 Å². The number of imidazole rings is 1. The molecule has 2 aliphatic rings. The Bertz CT molecular complexity index is 1480. The van der Waals surface area contributed by atoms with Crippen LogP contribution in [0.15, 0.2) is 41.8 Å². The fourth-order valence-electron chi connectivity index (χ4n) is 4.75. The highest BCUT2D eigenvalue weighted by molar-refractivity contribution is 6.07. The van der Waals surface area contributed by atoms with E-state index in [4.69, 9.17) is 15.0 Å². The molecule has 8 nitrogen and oxygen atoms in total. The molecule has 0 saturated heterocycles. The lowest BCUT2D eigenvalue weighted by molar-refractivity contribution is 0.703. The molecule has 0 radical (unpaired) electrons. The van der Waals surface area contributed by atoms with Gasteiger partial charge < -0.3 is 4.57 Å². The Kier molecular flexibility index (Phi) is 3.89. The van der Waals surface area contributed by atoms with Gasteiger partial charge in [-0.3, -0.25) is 14.7 Å². The van der Waals surface area contributed by atoms with Crippen LogP contribution in [0.3, 0.4) is 0 Å². The van der Waals surface area contributed by atoms with Crippen LogP contribution in [0.1, 0.15) is 46.7 Å². The van der Waals surface area contributed by atoms with Crippen molar-refractivity contribution in [3.63, 3.8) is 0 Å². The predicted octanol–water partition coefficient (Wildman–Crippen LogP) is 3.39. The van der Waals surface area contributed by atoms with Crippen LogP contribution in [0, 0.1) is 18.3 Å². The fraction of sp³-hybridized carbons (Fsp3) is 0.250. The van der Waals surface area contributed by atoms with Crippen LogP contribution in [0.2, 0.25) is 0 Å². The Hall–Kier alpha value is -4.12. The summed E-state index contributed by atoms with van der Waals surface area (Å²) in [6.45, 7) is 5.25. The molecule has 0 aliphatic carbocycles. The zero-order valence-electron chi connectivity index (χ0n) is 18.0. The molecule has 0 spiro atoms. The standard InChI is InChI=1S/C24H20N8/c1-13-4-5-15-16(8-13)14(2)22-23-18(11-28-22)27-10-17(29-23)21-19(30-31(3)20(21)9-25)12-32-7-6-26-24(15)32/h4-8,10,14H,11-12H2,1-3H3/t14-/m1/s1. The van der Waals surface area contributed by atoms with Crippen LogP contribution in [0.5, 0.6) is 0 Å². The lowest BCUT2D eigenvalue weighted by Gasteiger charge is -2.20. The third kappa shape index (κ3) is 2.57. The number of nitrogens with zero attached hydrogens (tertiary/aromatic N) is 8. The number of rotatable bonds is 0. The molecule has 8 heteroatoms. The first-order valence-electron chi connectivity index (χ1n) is 10.5. The molecule has 0 saturated carbocycles. The molecule has 2 aliphatic heterocycles. The van der Waals surface area contributed by atoms with Gasteiger partial charge in [-0.05, 0) is 12.5 Å². The van der Waals surface area contributed by atoms with Gasteiger partial charge in [-0.15, -0.1) is 0 Å². The van der Waals surface area contributed by atoms with Crippen LogP contribution in [0.25, 0.3) is 22.6 Å². The van der Waals surface area contributed by atoms with Crippen LogP contribution < -0.4 is 0 Å². The highest BCUT2D eigenvalue weighted by Crippen LogP contribution is 2.36. The molecule has 1 atom stereocenters. The minimum Gasteiger partial charge on any atom is -0.325 e. The molecular formula is C24H20N8. The van der Waals surface area contributed by atoms with Crippen molar-refractivity contribution in [1.82, 2.24) is 29.3 Å². The average molecular weight is 420 g/mol. The summed E-state index contributed by atoms with van der Waals surface area (Å²) in [5.74, 6) is 0.889. The van der Waals surface area contributed by atoms with Gasteiger partial charge in [0.25, 0.3) is 0 Å². The Morgan fingerprint density at radius 3 is 2.91 bits per heavy atom. The van der Waals surface area contributed by atoms with E-state index in [1.807, 2.05) is 12.4 Å². The first-order chi connectivity index (χ1) is 15.5. The maximum absolute atomic E-state index is 9.85. The van der Waals surface area contributed by atoms with Crippen LogP contribution in [-0.2, 0) is 20.1 Å². The third-order valence-corrected chi connectivity index (χ3v) is 6.33. The number of hydrogen-bond donors (Lipinski definition) is 0. The summed E-state index contributed by atoms with van der Waals surface area (Å²) in [4.78, 5) is 19.2. The Labute approximate surface area is 184 Å². The molecule has 0 unspecified atom stereocenters. The van der Waals surface area contributed by atoms with E-state index in [2.05, 4.69) is 52.8 Å². The number of fused-ring (bicyclic) bond motifs is 6. The molecule has 0 amide bonds. The second-order valence-corrected chi connectivity index (χ2v) is 8.35. The van der Waals surface area contributed by atoms with E-state index in [1.54, 1.807) is 17.9 Å². The maximum atomic E-state index is 9.85. The van der Waals surface area contributed by atoms with E-state index in [9.17, 15) is 5.26 Å². The predicted molar refractivity (Wildman–Crippen MR) is 119 cm³/mol. The van der Waals surface area contributed by atoms with E-state index >= 15 is 0 Å². The molecule has 32 heavy (non-hydrogen) atoms. The summed E-state index contributed by atoms with van der Waals surface area (Å²) in [6, 6.07) is 8.74. The minimum atomic E-state index is 0.0177. The number of benzene rings is 1. The van der Waals surface area contributed by atoms with Crippen molar-refractivity contribution in [2.45, 2.75) is 32.9 Å². The van der Waals surface area contributed by atoms with Gasteiger partial charge in [0.05, 0.1) is 47.6 Å². The van der Waals surface area contributed by atoms with E-state index in [0.29, 0.717) is 30.0 Å². The lowest BCUT2D eigenvalue weighted by atomic mass is 9.88. The summed E-state index contributed by atoms with van der Waals surface area (Å²) in [7, 11) is 1.78. The highest BCUT2D eigenvalue weighted by atomic mass is 15.3. The van der Waals surface area contributed by atoms with Gasteiger partial charge in [0.1, 0.15) is 23.3 Å². The Morgan fingerprint density at radius 2 is 2.06 bits per heavy atom. The van der Waals surface area contributed by atoms with Crippen molar-refractivity contribution in [3.8, 4) is 28.7 Å². The quantitative estimate of drug-likeness (QED) is 0.434. The van der Waals surface area contributed by atoms with Gasteiger partial charge in [-0.25, -0.2) is 9.97 Å². The molecule has 3 aromatic heterocycles. The van der Waals surface area contributed by atoms with E-state index in [0.717, 1.165) is 39.7 Å². The third-order valence-electron chi connectivity index (χ3n) is 6.33. The van der Waals surface area contributed by atoms with Crippen molar-refractivity contribution in [2.75, 3.05) is 0 Å². The zero-order valence-corrected chi connectivity index (χ0v) is 18.0. The fourth-order valence-corrected chi connectivity index (χ4v) is 4.75. The second kappa shape index (κ2) is 6.69. The molecule has 6 rings (SSSR count). The van der Waals surface area contributed by atoms with Crippen LogP contribution in [0.4, 0.5) is 0 Å². The Balaban J connectivity index is 1.70. The molecule has 4 aromatic rings. The van der Waals surface area contributed by atoms with Crippen molar-refractivity contribution >= 4 is 5.71 Å². The average Bonchev–Trinajstić information content (AvgIpc) is 3.49. The van der Waals surface area contributed by atoms with Gasteiger partial charge >= 0.3 is 0 Å². The molecular weight excluding hydrogens is 400 g/mol. The molecule has 0 fully saturated rings. The van der Waals surface area contributed by atoms with Crippen molar-refractivity contribution in [3.05, 3.63) is 70.7 Å². The highest BCUT2D eigenvalue weighted by Gasteiger charge is 2.30. The number of hydrogen-bond acceptors (Lipinski definition) is 6. The Morgan fingerprint density at radius 1 is 1.19 bits per heavy atom. The van der Waals surface area contributed by atoms with Crippen molar-refractivity contribution in [1.29, 1.82) is 5.26 Å². The largest absolute Gasteiger partial charge is 0.325 e. The molecule has 156 valence electrons. The van der Waals surface area contributed by atoms with E-state index < -0.39 is 0 Å². The zero-order chi connectivity index (χ0) is 22.0. The van der Waals surface area contributed by atoms with Crippen LogP contribution in [-0.4, -0.2) is 35.0 Å². The normalized spacial score (nSPS) is 16.2. The first-order valence-corrected chi connectivity index (χ1v) is 10.5. The van der Waals surface area contributed by atoms with E-state index in [-0.39, 0.29) is 5.92 Å².